The van der Waals surface area contributed by atoms with Crippen LogP contribution in [0.15, 0.2) is 6.20 Å². The molecule has 0 aromatic carbocycles. The van der Waals surface area contributed by atoms with Crippen LogP contribution in [-0.4, -0.2) is 38.8 Å². The molecule has 2 atom stereocenters. The Labute approximate surface area is 120 Å². The number of rotatable bonds is 5. The Kier molecular flexibility index (Phi) is 4.18. The number of aliphatic carboxylic acids is 1. The monoisotopic (exact) mass is 279 g/mol. The number of aryl methyl sites for hydroxylation is 2. The second kappa shape index (κ2) is 5.56. The van der Waals surface area contributed by atoms with Gasteiger partial charge in [0.2, 0.25) is 0 Å². The van der Waals surface area contributed by atoms with E-state index in [9.17, 15) is 9.90 Å². The molecule has 0 bridgehead atoms. The summed E-state index contributed by atoms with van der Waals surface area (Å²) in [7, 11) is 1.92. The van der Waals surface area contributed by atoms with Gasteiger partial charge in [0.1, 0.15) is 0 Å². The van der Waals surface area contributed by atoms with Gasteiger partial charge in [0.15, 0.2) is 0 Å². The lowest BCUT2D eigenvalue weighted by atomic mass is 9.82. The van der Waals surface area contributed by atoms with E-state index < -0.39 is 11.4 Å². The van der Waals surface area contributed by atoms with Gasteiger partial charge in [-0.25, -0.2) is 0 Å². The van der Waals surface area contributed by atoms with Crippen LogP contribution in [-0.2, 0) is 11.8 Å². The molecule has 1 saturated heterocycles. The molecule has 5 heteroatoms. The van der Waals surface area contributed by atoms with E-state index >= 15 is 0 Å². The zero-order valence-electron chi connectivity index (χ0n) is 12.9. The van der Waals surface area contributed by atoms with Gasteiger partial charge in [0.05, 0.1) is 11.1 Å². The number of carbonyl (C=O) groups is 1. The highest BCUT2D eigenvalue weighted by Crippen LogP contribution is 2.39. The van der Waals surface area contributed by atoms with Gasteiger partial charge in [-0.3, -0.25) is 14.4 Å². The molecule has 1 aromatic rings. The molecule has 2 unspecified atom stereocenters. The Bertz CT molecular complexity index is 497. The van der Waals surface area contributed by atoms with Crippen molar-refractivity contribution in [3.8, 4) is 0 Å². The van der Waals surface area contributed by atoms with Crippen LogP contribution in [0.25, 0.3) is 0 Å². The molecule has 1 aliphatic heterocycles. The third kappa shape index (κ3) is 2.59. The maximum absolute atomic E-state index is 11.6. The van der Waals surface area contributed by atoms with E-state index in [1.54, 1.807) is 0 Å². The normalized spacial score (nSPS) is 25.0. The SMILES string of the molecule is CCCC1(C(=O)O)CCN(C(C)c2cn(C)nc2C)C1. The number of likely N-dealkylation sites (tertiary alicyclic amines) is 1. The zero-order chi connectivity index (χ0) is 14.9. The molecular formula is C15H25N3O2. The molecule has 2 heterocycles. The van der Waals surface area contributed by atoms with E-state index in [4.69, 9.17) is 0 Å². The Hall–Kier alpha value is -1.36. The van der Waals surface area contributed by atoms with Gasteiger partial charge in [-0.05, 0) is 33.2 Å². The van der Waals surface area contributed by atoms with Crippen LogP contribution in [0.2, 0.25) is 0 Å². The predicted molar refractivity (Wildman–Crippen MR) is 77.5 cm³/mol. The first kappa shape index (κ1) is 15.0. The highest BCUT2D eigenvalue weighted by atomic mass is 16.4. The number of nitrogens with zero attached hydrogens (tertiary/aromatic N) is 3. The fraction of sp³-hybridized carbons (Fsp3) is 0.733. The molecule has 5 nitrogen and oxygen atoms in total. The molecule has 1 aromatic heterocycles. The average Bonchev–Trinajstić information content (AvgIpc) is 2.94. The van der Waals surface area contributed by atoms with Crippen molar-refractivity contribution in [1.82, 2.24) is 14.7 Å². The molecule has 1 N–H and O–H groups in total. The van der Waals surface area contributed by atoms with Crippen LogP contribution in [0.5, 0.6) is 0 Å². The smallest absolute Gasteiger partial charge is 0.310 e. The minimum Gasteiger partial charge on any atom is -0.481 e. The lowest BCUT2D eigenvalue weighted by molar-refractivity contribution is -0.148. The van der Waals surface area contributed by atoms with Crippen molar-refractivity contribution in [3.63, 3.8) is 0 Å². The molecule has 0 spiro atoms. The van der Waals surface area contributed by atoms with Gasteiger partial charge in [0, 0.05) is 31.4 Å². The molecule has 1 fully saturated rings. The number of carboxylic acid groups (broad SMARTS) is 1. The van der Waals surface area contributed by atoms with Crippen LogP contribution in [0, 0.1) is 12.3 Å². The van der Waals surface area contributed by atoms with Gasteiger partial charge in [-0.2, -0.15) is 5.10 Å². The van der Waals surface area contributed by atoms with Crippen molar-refractivity contribution < 1.29 is 9.90 Å². The first-order chi connectivity index (χ1) is 9.39. The van der Waals surface area contributed by atoms with Gasteiger partial charge in [-0.15, -0.1) is 0 Å². The second-order valence-electron chi connectivity index (χ2n) is 6.08. The summed E-state index contributed by atoms with van der Waals surface area (Å²) < 4.78 is 1.83. The largest absolute Gasteiger partial charge is 0.481 e. The van der Waals surface area contributed by atoms with Crippen molar-refractivity contribution >= 4 is 5.97 Å². The molecule has 0 aliphatic carbocycles. The molecule has 0 saturated carbocycles. The van der Waals surface area contributed by atoms with E-state index in [1.165, 1.54) is 5.56 Å². The first-order valence-electron chi connectivity index (χ1n) is 7.37. The van der Waals surface area contributed by atoms with Crippen molar-refractivity contribution in [2.24, 2.45) is 12.5 Å². The number of hydrogen-bond donors (Lipinski definition) is 1. The maximum atomic E-state index is 11.6. The molecule has 112 valence electrons. The molecule has 0 amide bonds. The predicted octanol–water partition coefficient (Wildman–Crippen LogP) is 2.37. The van der Waals surface area contributed by atoms with Gasteiger partial charge >= 0.3 is 5.97 Å². The van der Waals surface area contributed by atoms with E-state index in [1.807, 2.05) is 24.9 Å². The van der Waals surface area contributed by atoms with Gasteiger partial charge in [0.25, 0.3) is 0 Å². The third-order valence-electron chi connectivity index (χ3n) is 4.61. The zero-order valence-corrected chi connectivity index (χ0v) is 12.9. The van der Waals surface area contributed by atoms with Crippen molar-refractivity contribution in [3.05, 3.63) is 17.5 Å². The summed E-state index contributed by atoms with van der Waals surface area (Å²) in [4.78, 5) is 13.9. The standard InChI is InChI=1S/C15H25N3O2/c1-5-6-15(14(19)20)7-8-18(10-15)12(3)13-9-17(4)16-11(13)2/h9,12H,5-8,10H2,1-4H3,(H,19,20). The van der Waals surface area contributed by atoms with Crippen LogP contribution in [0.4, 0.5) is 0 Å². The Morgan fingerprint density at radius 3 is 2.80 bits per heavy atom. The minimum absolute atomic E-state index is 0.224. The highest BCUT2D eigenvalue weighted by molar-refractivity contribution is 5.75. The number of hydrogen-bond acceptors (Lipinski definition) is 3. The summed E-state index contributed by atoms with van der Waals surface area (Å²) in [5, 5.41) is 14.0. The van der Waals surface area contributed by atoms with Crippen LogP contribution >= 0.6 is 0 Å². The van der Waals surface area contributed by atoms with Gasteiger partial charge in [-0.1, -0.05) is 13.3 Å². The second-order valence-corrected chi connectivity index (χ2v) is 6.08. The number of carboxylic acids is 1. The van der Waals surface area contributed by atoms with Gasteiger partial charge < -0.3 is 5.11 Å². The quantitative estimate of drug-likeness (QED) is 0.899. The third-order valence-corrected chi connectivity index (χ3v) is 4.61. The van der Waals surface area contributed by atoms with E-state index in [-0.39, 0.29) is 6.04 Å². The Morgan fingerprint density at radius 1 is 1.60 bits per heavy atom. The first-order valence-corrected chi connectivity index (χ1v) is 7.37. The topological polar surface area (TPSA) is 58.4 Å². The van der Waals surface area contributed by atoms with Crippen LogP contribution in [0.1, 0.15) is 50.4 Å². The van der Waals surface area contributed by atoms with Crippen LogP contribution < -0.4 is 0 Å². The molecular weight excluding hydrogens is 254 g/mol. The average molecular weight is 279 g/mol. The number of aromatic nitrogens is 2. The lowest BCUT2D eigenvalue weighted by Gasteiger charge is -2.27. The summed E-state index contributed by atoms with van der Waals surface area (Å²) in [6.45, 7) is 7.71. The maximum Gasteiger partial charge on any atom is 0.310 e. The summed E-state index contributed by atoms with van der Waals surface area (Å²) >= 11 is 0. The van der Waals surface area contributed by atoms with E-state index in [2.05, 4.69) is 23.8 Å². The van der Waals surface area contributed by atoms with E-state index in [0.29, 0.717) is 6.54 Å². The summed E-state index contributed by atoms with van der Waals surface area (Å²) in [6, 6.07) is 0.224. The fourth-order valence-electron chi connectivity index (χ4n) is 3.42. The summed E-state index contributed by atoms with van der Waals surface area (Å²) in [5.74, 6) is -0.642. The summed E-state index contributed by atoms with van der Waals surface area (Å²) in [6.07, 6.45) is 4.47. The Balaban J connectivity index is 2.16. The van der Waals surface area contributed by atoms with Crippen LogP contribution in [0.3, 0.4) is 0 Å². The molecule has 2 rings (SSSR count). The minimum atomic E-state index is -0.642. The fourth-order valence-corrected chi connectivity index (χ4v) is 3.42. The van der Waals surface area contributed by atoms with Crippen molar-refractivity contribution in [2.75, 3.05) is 13.1 Å². The van der Waals surface area contributed by atoms with E-state index in [0.717, 1.165) is 31.5 Å². The van der Waals surface area contributed by atoms with Crippen molar-refractivity contribution in [2.45, 2.75) is 46.1 Å². The molecule has 20 heavy (non-hydrogen) atoms. The van der Waals surface area contributed by atoms with Crippen molar-refractivity contribution in [1.29, 1.82) is 0 Å². The molecule has 0 radical (unpaired) electrons. The highest BCUT2D eigenvalue weighted by Gasteiger charge is 2.45. The summed E-state index contributed by atoms with van der Waals surface area (Å²) in [5.41, 5.74) is 1.67. The molecule has 1 aliphatic rings. The Morgan fingerprint density at radius 2 is 2.30 bits per heavy atom. The lowest BCUT2D eigenvalue weighted by Crippen LogP contribution is -2.35.